The Bertz CT molecular complexity index is 331. The van der Waals surface area contributed by atoms with Crippen molar-refractivity contribution >= 4 is 27.5 Å². The Hall–Kier alpha value is -0.230. The van der Waals surface area contributed by atoms with Crippen molar-refractivity contribution in [3.8, 4) is 0 Å². The van der Waals surface area contributed by atoms with E-state index < -0.39 is 0 Å². The highest BCUT2D eigenvalue weighted by Gasteiger charge is 2.19. The molecule has 1 aromatic rings. The molecule has 0 radical (unpaired) electrons. The first-order valence-electron chi connectivity index (χ1n) is 4.14. The summed E-state index contributed by atoms with van der Waals surface area (Å²) < 4.78 is 11.4. The Morgan fingerprint density at radius 2 is 2.36 bits per heavy atom. The van der Waals surface area contributed by atoms with E-state index in [0.29, 0.717) is 35.3 Å². The third-order valence-corrected chi connectivity index (χ3v) is 2.92. The number of halogens is 2. The molecule has 4 nitrogen and oxygen atoms in total. The van der Waals surface area contributed by atoms with E-state index in [1.54, 1.807) is 6.20 Å². The zero-order chi connectivity index (χ0) is 9.97. The number of aromatic nitrogens is 2. The average molecular weight is 280 g/mol. The predicted molar refractivity (Wildman–Crippen MR) is 54.3 cm³/mol. The largest absolute Gasteiger partial charge is 0.376 e. The van der Waals surface area contributed by atoms with Crippen LogP contribution in [0.1, 0.15) is 11.9 Å². The maximum atomic E-state index is 5.84. The molecule has 14 heavy (non-hydrogen) atoms. The van der Waals surface area contributed by atoms with E-state index in [4.69, 9.17) is 21.1 Å². The van der Waals surface area contributed by atoms with Gasteiger partial charge in [-0.05, 0) is 15.9 Å². The van der Waals surface area contributed by atoms with Crippen LogP contribution in [0.5, 0.6) is 0 Å². The Morgan fingerprint density at radius 1 is 1.50 bits per heavy atom. The van der Waals surface area contributed by atoms with Crippen LogP contribution in [0, 0.1) is 0 Å². The van der Waals surface area contributed by atoms with E-state index in [-0.39, 0.29) is 6.10 Å². The first kappa shape index (κ1) is 10.3. The average Bonchev–Trinajstić information content (AvgIpc) is 2.23. The molecule has 76 valence electrons. The van der Waals surface area contributed by atoms with Gasteiger partial charge in [-0.3, -0.25) is 0 Å². The Morgan fingerprint density at radius 3 is 3.00 bits per heavy atom. The van der Waals surface area contributed by atoms with E-state index >= 15 is 0 Å². The summed E-state index contributed by atoms with van der Waals surface area (Å²) in [4.78, 5) is 8.21. The normalized spacial score (nSPS) is 22.3. The fourth-order valence-electron chi connectivity index (χ4n) is 1.15. The van der Waals surface area contributed by atoms with Gasteiger partial charge in [0.2, 0.25) is 0 Å². The van der Waals surface area contributed by atoms with E-state index in [9.17, 15) is 0 Å². The summed E-state index contributed by atoms with van der Waals surface area (Å²) in [6.45, 7) is 1.68. The molecule has 1 aliphatic rings. The van der Waals surface area contributed by atoms with Crippen LogP contribution >= 0.6 is 27.5 Å². The van der Waals surface area contributed by atoms with Crippen LogP contribution < -0.4 is 0 Å². The van der Waals surface area contributed by atoms with Crippen LogP contribution in [0.15, 0.2) is 10.7 Å². The first-order chi connectivity index (χ1) is 6.77. The molecule has 1 unspecified atom stereocenters. The minimum Gasteiger partial charge on any atom is -0.376 e. The molecule has 2 heterocycles. The fourth-order valence-corrected chi connectivity index (χ4v) is 1.48. The second kappa shape index (κ2) is 4.53. The lowest BCUT2D eigenvalue weighted by atomic mass is 10.3. The SMILES string of the molecule is Clc1nc(C2COCCO2)ncc1Br. The topological polar surface area (TPSA) is 44.2 Å². The third kappa shape index (κ3) is 2.23. The summed E-state index contributed by atoms with van der Waals surface area (Å²) in [6, 6.07) is 0. The minimum atomic E-state index is -0.200. The quantitative estimate of drug-likeness (QED) is 0.737. The van der Waals surface area contributed by atoms with Gasteiger partial charge in [0.05, 0.1) is 24.3 Å². The first-order valence-corrected chi connectivity index (χ1v) is 5.32. The molecule has 6 heteroatoms. The fraction of sp³-hybridized carbons (Fsp3) is 0.500. The van der Waals surface area contributed by atoms with E-state index in [1.807, 2.05) is 0 Å². The molecular formula is C8H8BrClN2O2. The predicted octanol–water partition coefficient (Wildman–Crippen LogP) is 1.98. The zero-order valence-corrected chi connectivity index (χ0v) is 9.58. The molecule has 1 fully saturated rings. The van der Waals surface area contributed by atoms with E-state index in [0.717, 1.165) is 0 Å². The summed E-state index contributed by atoms with van der Waals surface area (Å²) in [5.74, 6) is 0.568. The molecule has 2 rings (SSSR count). The van der Waals surface area contributed by atoms with Gasteiger partial charge in [0.15, 0.2) is 5.82 Å². The van der Waals surface area contributed by atoms with Crippen molar-refractivity contribution < 1.29 is 9.47 Å². The van der Waals surface area contributed by atoms with Gasteiger partial charge < -0.3 is 9.47 Å². The minimum absolute atomic E-state index is 0.200. The van der Waals surface area contributed by atoms with Crippen molar-refractivity contribution in [2.45, 2.75) is 6.10 Å². The smallest absolute Gasteiger partial charge is 0.161 e. The highest BCUT2D eigenvalue weighted by Crippen LogP contribution is 2.23. The van der Waals surface area contributed by atoms with Gasteiger partial charge in [0, 0.05) is 6.20 Å². The van der Waals surface area contributed by atoms with Gasteiger partial charge in [-0.15, -0.1) is 0 Å². The molecular weight excluding hydrogens is 271 g/mol. The molecule has 0 aromatic carbocycles. The molecule has 1 aromatic heterocycles. The highest BCUT2D eigenvalue weighted by molar-refractivity contribution is 9.10. The van der Waals surface area contributed by atoms with E-state index in [2.05, 4.69) is 25.9 Å². The second-order valence-electron chi connectivity index (χ2n) is 2.80. The van der Waals surface area contributed by atoms with Crippen LogP contribution in [-0.2, 0) is 9.47 Å². The lowest BCUT2D eigenvalue weighted by molar-refractivity contribution is -0.0935. The van der Waals surface area contributed by atoms with Crippen molar-refractivity contribution in [2.75, 3.05) is 19.8 Å². The molecule has 0 spiro atoms. The van der Waals surface area contributed by atoms with Gasteiger partial charge >= 0.3 is 0 Å². The summed E-state index contributed by atoms with van der Waals surface area (Å²) in [5, 5.41) is 0.393. The van der Waals surface area contributed by atoms with Crippen LogP contribution in [0.25, 0.3) is 0 Å². The standard InChI is InChI=1S/C8H8BrClN2O2/c9-5-3-11-8(12-7(5)10)6-4-13-1-2-14-6/h3,6H,1-2,4H2. The lowest BCUT2D eigenvalue weighted by Gasteiger charge is -2.21. The van der Waals surface area contributed by atoms with Crippen LogP contribution in [-0.4, -0.2) is 29.8 Å². The maximum Gasteiger partial charge on any atom is 0.161 e. The van der Waals surface area contributed by atoms with Crippen LogP contribution in [0.3, 0.4) is 0 Å². The summed E-state index contributed by atoms with van der Waals surface area (Å²) >= 11 is 9.06. The molecule has 1 atom stereocenters. The molecule has 0 bridgehead atoms. The van der Waals surface area contributed by atoms with Crippen molar-refractivity contribution in [3.63, 3.8) is 0 Å². The molecule has 0 aliphatic carbocycles. The molecule has 1 aliphatic heterocycles. The van der Waals surface area contributed by atoms with Crippen molar-refractivity contribution in [3.05, 3.63) is 21.6 Å². The summed E-state index contributed by atoms with van der Waals surface area (Å²) in [5.41, 5.74) is 0. The highest BCUT2D eigenvalue weighted by atomic mass is 79.9. The zero-order valence-electron chi connectivity index (χ0n) is 7.24. The maximum absolute atomic E-state index is 5.84. The molecule has 1 saturated heterocycles. The summed E-state index contributed by atoms with van der Waals surface area (Å²) in [6.07, 6.45) is 1.41. The van der Waals surface area contributed by atoms with E-state index in [1.165, 1.54) is 0 Å². The Balaban J connectivity index is 2.18. The van der Waals surface area contributed by atoms with Crippen molar-refractivity contribution in [1.29, 1.82) is 0 Å². The summed E-state index contributed by atoms with van der Waals surface area (Å²) in [7, 11) is 0. The van der Waals surface area contributed by atoms with Gasteiger partial charge in [-0.25, -0.2) is 9.97 Å². The number of nitrogens with zero attached hydrogens (tertiary/aromatic N) is 2. The molecule has 0 N–H and O–H groups in total. The second-order valence-corrected chi connectivity index (χ2v) is 4.01. The number of hydrogen-bond donors (Lipinski definition) is 0. The van der Waals surface area contributed by atoms with Gasteiger partial charge in [-0.2, -0.15) is 0 Å². The monoisotopic (exact) mass is 278 g/mol. The number of rotatable bonds is 1. The van der Waals surface area contributed by atoms with Gasteiger partial charge in [0.25, 0.3) is 0 Å². The lowest BCUT2D eigenvalue weighted by Crippen LogP contribution is -2.23. The molecule has 0 amide bonds. The van der Waals surface area contributed by atoms with Gasteiger partial charge in [0.1, 0.15) is 11.3 Å². The Kier molecular flexibility index (Phi) is 3.33. The number of ether oxygens (including phenoxy) is 2. The number of hydrogen-bond acceptors (Lipinski definition) is 4. The van der Waals surface area contributed by atoms with Crippen molar-refractivity contribution in [2.24, 2.45) is 0 Å². The van der Waals surface area contributed by atoms with Crippen molar-refractivity contribution in [1.82, 2.24) is 9.97 Å². The van der Waals surface area contributed by atoms with Crippen LogP contribution in [0.2, 0.25) is 5.15 Å². The van der Waals surface area contributed by atoms with Gasteiger partial charge in [-0.1, -0.05) is 11.6 Å². The van der Waals surface area contributed by atoms with Crippen LogP contribution in [0.4, 0.5) is 0 Å². The third-order valence-electron chi connectivity index (χ3n) is 1.82. The Labute approximate surface area is 94.7 Å². The molecule has 0 saturated carbocycles.